The first kappa shape index (κ1) is 11.4. The molecule has 0 bridgehead atoms. The maximum atomic E-state index is 5.88. The lowest BCUT2D eigenvalue weighted by Crippen LogP contribution is -1.97. The average Bonchev–Trinajstić information content (AvgIpc) is 2.25. The molecule has 0 aliphatic rings. The van der Waals surface area contributed by atoms with Crippen LogP contribution < -0.4 is 5.32 Å². The maximum absolute atomic E-state index is 5.88. The van der Waals surface area contributed by atoms with E-state index in [4.69, 9.17) is 11.6 Å². The summed E-state index contributed by atoms with van der Waals surface area (Å²) in [5.74, 6) is 0.564. The van der Waals surface area contributed by atoms with Gasteiger partial charge in [-0.15, -0.1) is 0 Å². The highest BCUT2D eigenvalue weighted by Gasteiger charge is 2.01. The molecule has 5 heteroatoms. The zero-order chi connectivity index (χ0) is 11.5. The summed E-state index contributed by atoms with van der Waals surface area (Å²) in [7, 11) is 0. The fraction of sp³-hybridized carbons (Fsp3) is 0.0909. The number of anilines is 2. The van der Waals surface area contributed by atoms with Crippen LogP contribution in [-0.4, -0.2) is 9.97 Å². The van der Waals surface area contributed by atoms with Gasteiger partial charge in [0.25, 0.3) is 0 Å². The van der Waals surface area contributed by atoms with Crippen molar-refractivity contribution in [1.82, 2.24) is 9.97 Å². The summed E-state index contributed by atoms with van der Waals surface area (Å²) in [6.45, 7) is 1.98. The van der Waals surface area contributed by atoms with Crippen molar-refractivity contribution < 1.29 is 0 Å². The molecule has 0 amide bonds. The number of nitrogens with zero attached hydrogens (tertiary/aromatic N) is 2. The normalized spacial score (nSPS) is 10.2. The molecule has 0 aliphatic heterocycles. The first-order valence-corrected chi connectivity index (χ1v) is 5.83. The molecule has 0 radical (unpaired) electrons. The van der Waals surface area contributed by atoms with E-state index in [0.717, 1.165) is 20.7 Å². The van der Waals surface area contributed by atoms with Crippen LogP contribution in [0.15, 0.2) is 35.1 Å². The quantitative estimate of drug-likeness (QED) is 0.912. The van der Waals surface area contributed by atoms with Crippen LogP contribution in [0.5, 0.6) is 0 Å². The van der Waals surface area contributed by atoms with Gasteiger partial charge in [-0.2, -0.15) is 0 Å². The van der Waals surface area contributed by atoms with E-state index in [1.165, 1.54) is 0 Å². The molecule has 0 fully saturated rings. The minimum Gasteiger partial charge on any atom is -0.324 e. The smallest absolute Gasteiger partial charge is 0.227 e. The fourth-order valence-electron chi connectivity index (χ4n) is 1.26. The maximum Gasteiger partial charge on any atom is 0.227 e. The van der Waals surface area contributed by atoms with E-state index in [-0.39, 0.29) is 0 Å². The van der Waals surface area contributed by atoms with E-state index in [1.807, 2.05) is 25.1 Å². The molecule has 1 aromatic heterocycles. The number of aromatic nitrogens is 2. The van der Waals surface area contributed by atoms with Crippen LogP contribution in [0.2, 0.25) is 5.02 Å². The molecule has 0 unspecified atom stereocenters. The Balaban J connectivity index is 2.23. The molecule has 0 saturated carbocycles. The number of aryl methyl sites for hydroxylation is 1. The van der Waals surface area contributed by atoms with Gasteiger partial charge in [-0.25, -0.2) is 9.97 Å². The van der Waals surface area contributed by atoms with E-state index < -0.39 is 0 Å². The van der Waals surface area contributed by atoms with Crippen molar-refractivity contribution in [3.05, 3.63) is 45.7 Å². The minimum absolute atomic E-state index is 0.564. The van der Waals surface area contributed by atoms with Crippen LogP contribution >= 0.6 is 27.5 Å². The van der Waals surface area contributed by atoms with Gasteiger partial charge >= 0.3 is 0 Å². The van der Waals surface area contributed by atoms with Crippen LogP contribution in [0.3, 0.4) is 0 Å². The zero-order valence-corrected chi connectivity index (χ0v) is 10.9. The third kappa shape index (κ3) is 2.71. The molecule has 2 aromatic rings. The highest BCUT2D eigenvalue weighted by Crippen LogP contribution is 2.22. The van der Waals surface area contributed by atoms with Gasteiger partial charge in [0, 0.05) is 23.1 Å². The second kappa shape index (κ2) is 4.80. The van der Waals surface area contributed by atoms with Crippen molar-refractivity contribution in [2.75, 3.05) is 5.32 Å². The third-order valence-corrected chi connectivity index (χ3v) is 2.70. The molecular weight excluding hydrogens is 289 g/mol. The zero-order valence-electron chi connectivity index (χ0n) is 8.54. The summed E-state index contributed by atoms with van der Waals surface area (Å²) < 4.78 is 0.853. The van der Waals surface area contributed by atoms with E-state index in [9.17, 15) is 0 Å². The monoisotopic (exact) mass is 297 g/mol. The highest BCUT2D eigenvalue weighted by atomic mass is 79.9. The first-order valence-electron chi connectivity index (χ1n) is 4.66. The molecule has 0 atom stereocenters. The molecule has 1 N–H and O–H groups in total. The second-order valence-electron chi connectivity index (χ2n) is 3.31. The highest BCUT2D eigenvalue weighted by molar-refractivity contribution is 9.10. The summed E-state index contributed by atoms with van der Waals surface area (Å²) in [6, 6.07) is 5.63. The van der Waals surface area contributed by atoms with Gasteiger partial charge in [-0.05, 0) is 46.6 Å². The standard InChI is InChI=1S/C11H9BrClN3/c1-7-4-9(13)2-3-10(7)16-11-14-5-8(12)6-15-11/h2-6H,1H3,(H,14,15,16). The number of hydrogen-bond acceptors (Lipinski definition) is 3. The van der Waals surface area contributed by atoms with E-state index in [2.05, 4.69) is 31.2 Å². The van der Waals surface area contributed by atoms with Crippen LogP contribution in [0, 0.1) is 6.92 Å². The lowest BCUT2D eigenvalue weighted by Gasteiger charge is -2.07. The summed E-state index contributed by atoms with van der Waals surface area (Å²) in [6.07, 6.45) is 3.39. The van der Waals surface area contributed by atoms with E-state index in [0.29, 0.717) is 5.95 Å². The van der Waals surface area contributed by atoms with Crippen LogP contribution in [0.4, 0.5) is 11.6 Å². The SMILES string of the molecule is Cc1cc(Cl)ccc1Nc1ncc(Br)cn1. The van der Waals surface area contributed by atoms with E-state index >= 15 is 0 Å². The topological polar surface area (TPSA) is 37.8 Å². The molecule has 2 rings (SSSR count). The largest absolute Gasteiger partial charge is 0.324 e. The average molecular weight is 299 g/mol. The van der Waals surface area contributed by atoms with Crippen molar-refractivity contribution >= 4 is 39.2 Å². The van der Waals surface area contributed by atoms with Crippen molar-refractivity contribution in [3.8, 4) is 0 Å². The summed E-state index contributed by atoms with van der Waals surface area (Å²) in [5.41, 5.74) is 2.01. The van der Waals surface area contributed by atoms with Gasteiger partial charge in [-0.3, -0.25) is 0 Å². The Bertz CT molecular complexity index is 499. The molecule has 82 valence electrons. The van der Waals surface area contributed by atoms with Gasteiger partial charge < -0.3 is 5.32 Å². The molecule has 0 aliphatic carbocycles. The Morgan fingerprint density at radius 2 is 1.94 bits per heavy atom. The Kier molecular flexibility index (Phi) is 3.41. The molecule has 1 heterocycles. The molecule has 16 heavy (non-hydrogen) atoms. The van der Waals surface area contributed by atoms with Gasteiger partial charge in [0.1, 0.15) is 0 Å². The van der Waals surface area contributed by atoms with Gasteiger partial charge in [0.05, 0.1) is 4.47 Å². The lowest BCUT2D eigenvalue weighted by atomic mass is 10.2. The van der Waals surface area contributed by atoms with Gasteiger partial charge in [0.2, 0.25) is 5.95 Å². The predicted octanol–water partition coefficient (Wildman–Crippen LogP) is 3.94. The van der Waals surface area contributed by atoms with Crippen LogP contribution in [0.1, 0.15) is 5.56 Å². The minimum atomic E-state index is 0.564. The van der Waals surface area contributed by atoms with Crippen molar-refractivity contribution in [3.63, 3.8) is 0 Å². The number of halogens is 2. The Morgan fingerprint density at radius 3 is 2.56 bits per heavy atom. The Morgan fingerprint density at radius 1 is 1.25 bits per heavy atom. The first-order chi connectivity index (χ1) is 7.65. The van der Waals surface area contributed by atoms with Crippen molar-refractivity contribution in [1.29, 1.82) is 0 Å². The molecule has 0 saturated heterocycles. The molecule has 0 spiro atoms. The third-order valence-electron chi connectivity index (χ3n) is 2.06. The number of hydrogen-bond donors (Lipinski definition) is 1. The Hall–Kier alpha value is -1.13. The van der Waals surface area contributed by atoms with Crippen LogP contribution in [0.25, 0.3) is 0 Å². The van der Waals surface area contributed by atoms with E-state index in [1.54, 1.807) is 12.4 Å². The van der Waals surface area contributed by atoms with Gasteiger partial charge in [0.15, 0.2) is 0 Å². The predicted molar refractivity (Wildman–Crippen MR) is 69.2 cm³/mol. The van der Waals surface area contributed by atoms with Crippen molar-refractivity contribution in [2.45, 2.75) is 6.92 Å². The fourth-order valence-corrected chi connectivity index (χ4v) is 1.70. The number of benzene rings is 1. The van der Waals surface area contributed by atoms with Crippen LogP contribution in [-0.2, 0) is 0 Å². The lowest BCUT2D eigenvalue weighted by molar-refractivity contribution is 1.15. The molecular formula is C11H9BrClN3. The second-order valence-corrected chi connectivity index (χ2v) is 4.66. The Labute approximate surface area is 107 Å². The molecule has 3 nitrogen and oxygen atoms in total. The van der Waals surface area contributed by atoms with Crippen molar-refractivity contribution in [2.24, 2.45) is 0 Å². The number of rotatable bonds is 2. The summed E-state index contributed by atoms with van der Waals surface area (Å²) >= 11 is 9.16. The summed E-state index contributed by atoms with van der Waals surface area (Å²) in [5, 5.41) is 3.85. The summed E-state index contributed by atoms with van der Waals surface area (Å²) in [4.78, 5) is 8.27. The van der Waals surface area contributed by atoms with Gasteiger partial charge in [-0.1, -0.05) is 11.6 Å². The molecule has 1 aromatic carbocycles. The number of nitrogens with one attached hydrogen (secondary N) is 1.